The Morgan fingerprint density at radius 2 is 1.11 bits per heavy atom. The molecule has 0 unspecified atom stereocenters. The zero-order chi connectivity index (χ0) is 31.3. The molecule has 3 aromatic heterocycles. The summed E-state index contributed by atoms with van der Waals surface area (Å²) in [6, 6.07) is 46.1. The summed E-state index contributed by atoms with van der Waals surface area (Å²) in [6.45, 7) is 3.92. The maximum Gasteiger partial charge on any atom is 0.165 e. The zero-order valence-corrected chi connectivity index (χ0v) is 26.2. The van der Waals surface area contributed by atoms with Crippen LogP contribution in [-0.4, -0.2) is 15.0 Å². The molecule has 222 valence electrons. The van der Waals surface area contributed by atoms with Crippen molar-refractivity contribution in [3.63, 3.8) is 0 Å². The van der Waals surface area contributed by atoms with Crippen LogP contribution >= 0.6 is 11.3 Å². The highest BCUT2D eigenvalue weighted by Gasteiger charge is 2.20. The normalized spacial score (nSPS) is 11.6. The summed E-state index contributed by atoms with van der Waals surface area (Å²) in [6.07, 6.45) is 2.76. The van der Waals surface area contributed by atoms with Gasteiger partial charge in [-0.1, -0.05) is 121 Å². The molecule has 0 atom stereocenters. The number of hydrogen-bond acceptors (Lipinski definition) is 5. The standard InChI is InChI=1S/C42H27N3OS/c1-2-12-26-23-24-36-35(25-26)30-18-9-17-29(37(30)46-36)31-19-10-20-32-33-21-11-22-34(39(33)47-38(31)32)42-44-40(27-13-5-3-6-14-27)43-41(45-42)28-15-7-4-8-16-28/h2-11,13-25H,1,12H2. The quantitative estimate of drug-likeness (QED) is 0.173. The maximum absolute atomic E-state index is 6.55. The molecule has 0 saturated carbocycles. The molecule has 0 aliphatic heterocycles. The molecule has 9 aromatic rings. The highest BCUT2D eigenvalue weighted by molar-refractivity contribution is 7.26. The summed E-state index contributed by atoms with van der Waals surface area (Å²) >= 11 is 1.78. The van der Waals surface area contributed by atoms with E-state index >= 15 is 0 Å². The highest BCUT2D eigenvalue weighted by Crippen LogP contribution is 2.45. The summed E-state index contributed by atoms with van der Waals surface area (Å²) in [7, 11) is 0. The molecule has 0 saturated heterocycles. The lowest BCUT2D eigenvalue weighted by Crippen LogP contribution is -2.00. The molecule has 9 rings (SSSR count). The van der Waals surface area contributed by atoms with E-state index < -0.39 is 0 Å². The van der Waals surface area contributed by atoms with Crippen LogP contribution in [0.15, 0.2) is 151 Å². The van der Waals surface area contributed by atoms with Gasteiger partial charge in [0, 0.05) is 58.8 Å². The lowest BCUT2D eigenvalue weighted by atomic mass is 9.99. The fourth-order valence-electron chi connectivity index (χ4n) is 6.49. The van der Waals surface area contributed by atoms with Gasteiger partial charge in [0.25, 0.3) is 0 Å². The van der Waals surface area contributed by atoms with Crippen molar-refractivity contribution in [2.45, 2.75) is 6.42 Å². The first-order valence-corrected chi connectivity index (χ1v) is 16.4. The second-order valence-electron chi connectivity index (χ2n) is 11.6. The molecule has 0 fully saturated rings. The summed E-state index contributed by atoms with van der Waals surface area (Å²) in [5.41, 5.74) is 8.15. The minimum atomic E-state index is 0.654. The maximum atomic E-state index is 6.55. The minimum Gasteiger partial charge on any atom is -0.455 e. The van der Waals surface area contributed by atoms with E-state index in [4.69, 9.17) is 19.4 Å². The van der Waals surface area contributed by atoms with Crippen molar-refractivity contribution in [1.29, 1.82) is 0 Å². The second-order valence-corrected chi connectivity index (χ2v) is 12.6. The van der Waals surface area contributed by atoms with Gasteiger partial charge in [0.2, 0.25) is 0 Å². The van der Waals surface area contributed by atoms with E-state index in [-0.39, 0.29) is 0 Å². The van der Waals surface area contributed by atoms with Gasteiger partial charge in [0.05, 0.1) is 0 Å². The van der Waals surface area contributed by atoms with Gasteiger partial charge in [-0.25, -0.2) is 15.0 Å². The number of fused-ring (bicyclic) bond motifs is 6. The van der Waals surface area contributed by atoms with Crippen LogP contribution < -0.4 is 0 Å². The average Bonchev–Trinajstić information content (AvgIpc) is 3.71. The van der Waals surface area contributed by atoms with Gasteiger partial charge in [-0.3, -0.25) is 0 Å². The van der Waals surface area contributed by atoms with Gasteiger partial charge in [-0.15, -0.1) is 17.9 Å². The summed E-state index contributed by atoms with van der Waals surface area (Å²) in [5.74, 6) is 1.97. The van der Waals surface area contributed by atoms with Gasteiger partial charge < -0.3 is 4.42 Å². The summed E-state index contributed by atoms with van der Waals surface area (Å²) in [4.78, 5) is 15.0. The van der Waals surface area contributed by atoms with Crippen molar-refractivity contribution in [2.24, 2.45) is 0 Å². The molecule has 6 aromatic carbocycles. The average molecular weight is 622 g/mol. The fourth-order valence-corrected chi connectivity index (χ4v) is 7.83. The van der Waals surface area contributed by atoms with Crippen LogP contribution in [0, 0.1) is 0 Å². The van der Waals surface area contributed by atoms with Crippen LogP contribution in [-0.2, 0) is 6.42 Å². The highest BCUT2D eigenvalue weighted by atomic mass is 32.1. The Balaban J connectivity index is 1.26. The predicted octanol–water partition coefficient (Wildman–Crippen LogP) is 11.5. The molecule has 0 aliphatic carbocycles. The lowest BCUT2D eigenvalue weighted by molar-refractivity contribution is 0.670. The van der Waals surface area contributed by atoms with Crippen LogP contribution in [0.1, 0.15) is 5.56 Å². The number of aromatic nitrogens is 3. The number of benzene rings is 6. The number of allylic oxidation sites excluding steroid dienone is 1. The molecule has 4 nitrogen and oxygen atoms in total. The molecule has 0 N–H and O–H groups in total. The van der Waals surface area contributed by atoms with E-state index in [2.05, 4.69) is 79.4 Å². The van der Waals surface area contributed by atoms with Gasteiger partial charge >= 0.3 is 0 Å². The largest absolute Gasteiger partial charge is 0.455 e. The Hall–Kier alpha value is -5.91. The van der Waals surface area contributed by atoms with Crippen molar-refractivity contribution in [3.8, 4) is 45.3 Å². The van der Waals surface area contributed by atoms with E-state index in [0.717, 1.165) is 60.9 Å². The first kappa shape index (κ1) is 27.4. The molecule has 3 heterocycles. The number of para-hydroxylation sites is 1. The molecule has 47 heavy (non-hydrogen) atoms. The third kappa shape index (κ3) is 4.63. The number of hydrogen-bond donors (Lipinski definition) is 0. The predicted molar refractivity (Wildman–Crippen MR) is 196 cm³/mol. The Morgan fingerprint density at radius 3 is 1.77 bits per heavy atom. The molecular weight excluding hydrogens is 595 g/mol. The van der Waals surface area contributed by atoms with Gasteiger partial charge in [0.1, 0.15) is 11.2 Å². The number of nitrogens with zero attached hydrogens (tertiary/aromatic N) is 3. The van der Waals surface area contributed by atoms with E-state index in [1.807, 2.05) is 66.7 Å². The van der Waals surface area contributed by atoms with E-state index in [0.29, 0.717) is 17.5 Å². The SMILES string of the molecule is C=CCc1ccc2oc3c(-c4cccc5c4sc4c(-c6nc(-c7ccccc7)nc(-c7ccccc7)n6)cccc45)cccc3c2c1. The topological polar surface area (TPSA) is 51.8 Å². The molecule has 0 aliphatic rings. The molecule has 5 heteroatoms. The Kier molecular flexibility index (Phi) is 6.51. The second kappa shape index (κ2) is 11.2. The number of furan rings is 1. The van der Waals surface area contributed by atoms with Crippen LogP contribution in [0.2, 0.25) is 0 Å². The first-order chi connectivity index (χ1) is 23.2. The fraction of sp³-hybridized carbons (Fsp3) is 0.0238. The van der Waals surface area contributed by atoms with Crippen LogP contribution in [0.4, 0.5) is 0 Å². The van der Waals surface area contributed by atoms with Gasteiger partial charge in [0.15, 0.2) is 17.5 Å². The molecule has 0 radical (unpaired) electrons. The smallest absolute Gasteiger partial charge is 0.165 e. The zero-order valence-electron chi connectivity index (χ0n) is 25.4. The van der Waals surface area contributed by atoms with Crippen LogP contribution in [0.5, 0.6) is 0 Å². The Bertz CT molecular complexity index is 2560. The van der Waals surface area contributed by atoms with Crippen molar-refractivity contribution in [1.82, 2.24) is 15.0 Å². The Morgan fingerprint density at radius 1 is 0.532 bits per heavy atom. The molecule has 0 amide bonds. The summed E-state index contributed by atoms with van der Waals surface area (Å²) < 4.78 is 8.90. The van der Waals surface area contributed by atoms with Gasteiger partial charge in [-0.2, -0.15) is 0 Å². The van der Waals surface area contributed by atoms with E-state index in [1.54, 1.807) is 11.3 Å². The van der Waals surface area contributed by atoms with Crippen LogP contribution in [0.3, 0.4) is 0 Å². The molecular formula is C42H27N3OS. The molecule has 0 bridgehead atoms. The number of thiophene rings is 1. The minimum absolute atomic E-state index is 0.654. The van der Waals surface area contributed by atoms with Crippen molar-refractivity contribution >= 4 is 53.4 Å². The number of rotatable bonds is 6. The monoisotopic (exact) mass is 621 g/mol. The van der Waals surface area contributed by atoms with Crippen molar-refractivity contribution in [2.75, 3.05) is 0 Å². The van der Waals surface area contributed by atoms with E-state index in [1.165, 1.54) is 21.0 Å². The van der Waals surface area contributed by atoms with Crippen LogP contribution in [0.25, 0.3) is 87.4 Å². The van der Waals surface area contributed by atoms with Gasteiger partial charge in [-0.05, 0) is 30.2 Å². The van der Waals surface area contributed by atoms with E-state index in [9.17, 15) is 0 Å². The third-order valence-corrected chi connectivity index (χ3v) is 9.98. The van der Waals surface area contributed by atoms with Crippen molar-refractivity contribution in [3.05, 3.63) is 152 Å². The lowest BCUT2D eigenvalue weighted by Gasteiger charge is -2.09. The third-order valence-electron chi connectivity index (χ3n) is 8.70. The molecule has 0 spiro atoms. The van der Waals surface area contributed by atoms with Crippen molar-refractivity contribution < 1.29 is 4.42 Å². The Labute approximate surface area is 275 Å². The first-order valence-electron chi connectivity index (χ1n) is 15.6. The summed E-state index contributed by atoms with van der Waals surface area (Å²) in [5, 5.41) is 4.63.